The molecule has 2 heterocycles. The molecule has 0 bridgehead atoms. The van der Waals surface area contributed by atoms with Crippen molar-refractivity contribution in [2.45, 2.75) is 19.8 Å². The topological polar surface area (TPSA) is 99.0 Å². The lowest BCUT2D eigenvalue weighted by atomic mass is 10.2. The molecule has 2 saturated heterocycles. The summed E-state index contributed by atoms with van der Waals surface area (Å²) in [6, 6.07) is 4.44. The third kappa shape index (κ3) is 5.26. The number of piperazine rings is 1. The van der Waals surface area contributed by atoms with E-state index < -0.39 is 4.92 Å². The van der Waals surface area contributed by atoms with Crippen LogP contribution in [0.15, 0.2) is 18.2 Å². The Bertz CT molecular complexity index is 740. The summed E-state index contributed by atoms with van der Waals surface area (Å²) in [5.41, 5.74) is 1.20. The molecule has 2 fully saturated rings. The summed E-state index contributed by atoms with van der Waals surface area (Å²) >= 11 is 0. The van der Waals surface area contributed by atoms with Crippen molar-refractivity contribution >= 4 is 23.2 Å². The number of carbonyl (C=O) groups excluding carboxylic acids is 2. The van der Waals surface area contributed by atoms with Gasteiger partial charge in [-0.25, -0.2) is 0 Å². The van der Waals surface area contributed by atoms with E-state index in [2.05, 4.69) is 10.2 Å². The first kappa shape index (κ1) is 20.2. The van der Waals surface area contributed by atoms with Crippen LogP contribution in [0.1, 0.15) is 18.4 Å². The highest BCUT2D eigenvalue weighted by Gasteiger charge is 2.24. The van der Waals surface area contributed by atoms with Crippen molar-refractivity contribution in [2.75, 3.05) is 57.7 Å². The number of amides is 2. The largest absolute Gasteiger partial charge is 0.342 e. The quantitative estimate of drug-likeness (QED) is 0.577. The number of rotatable bonds is 6. The van der Waals surface area contributed by atoms with Crippen LogP contribution in [0.4, 0.5) is 11.4 Å². The van der Waals surface area contributed by atoms with Crippen LogP contribution in [0.25, 0.3) is 0 Å². The van der Waals surface area contributed by atoms with E-state index in [1.807, 2.05) is 9.80 Å². The molecule has 0 aromatic heterocycles. The maximum atomic E-state index is 12.4. The Morgan fingerprint density at radius 1 is 1.04 bits per heavy atom. The number of hydrogen-bond donors (Lipinski definition) is 1. The molecule has 2 aliphatic rings. The number of anilines is 1. The van der Waals surface area contributed by atoms with Gasteiger partial charge in [0, 0.05) is 51.4 Å². The standard InChI is InChI=1S/C19H27N5O4/c1-15-4-5-16(24(27)28)12-17(15)20-18(25)13-21-8-10-22(11-9-21)14-19(26)23-6-2-3-7-23/h4-5,12H,2-3,6-11,13-14H2,1H3,(H,20,25). The van der Waals surface area contributed by atoms with Crippen LogP contribution < -0.4 is 5.32 Å². The Labute approximate surface area is 164 Å². The zero-order chi connectivity index (χ0) is 20.1. The van der Waals surface area contributed by atoms with Gasteiger partial charge in [-0.1, -0.05) is 6.07 Å². The first-order chi connectivity index (χ1) is 13.4. The van der Waals surface area contributed by atoms with Gasteiger partial charge >= 0.3 is 0 Å². The molecule has 3 rings (SSSR count). The smallest absolute Gasteiger partial charge is 0.271 e. The summed E-state index contributed by atoms with van der Waals surface area (Å²) in [7, 11) is 0. The summed E-state index contributed by atoms with van der Waals surface area (Å²) in [6.07, 6.45) is 2.19. The monoisotopic (exact) mass is 389 g/mol. The van der Waals surface area contributed by atoms with Gasteiger partial charge in [0.25, 0.3) is 5.69 Å². The fourth-order valence-corrected chi connectivity index (χ4v) is 3.61. The lowest BCUT2D eigenvalue weighted by molar-refractivity contribution is -0.384. The van der Waals surface area contributed by atoms with Crippen LogP contribution in [0.5, 0.6) is 0 Å². The van der Waals surface area contributed by atoms with Gasteiger partial charge in [0.2, 0.25) is 11.8 Å². The fourth-order valence-electron chi connectivity index (χ4n) is 3.61. The molecular formula is C19H27N5O4. The van der Waals surface area contributed by atoms with E-state index in [1.165, 1.54) is 12.1 Å². The molecule has 0 radical (unpaired) electrons. The second-order valence-electron chi connectivity index (χ2n) is 7.44. The van der Waals surface area contributed by atoms with E-state index in [0.29, 0.717) is 25.3 Å². The van der Waals surface area contributed by atoms with Crippen molar-refractivity contribution < 1.29 is 14.5 Å². The Hall–Kier alpha value is -2.52. The van der Waals surface area contributed by atoms with Crippen LogP contribution >= 0.6 is 0 Å². The van der Waals surface area contributed by atoms with Crippen molar-refractivity contribution in [1.82, 2.24) is 14.7 Å². The number of likely N-dealkylation sites (tertiary alicyclic amines) is 1. The van der Waals surface area contributed by atoms with Crippen molar-refractivity contribution in [3.63, 3.8) is 0 Å². The third-order valence-corrected chi connectivity index (χ3v) is 5.36. The Morgan fingerprint density at radius 3 is 2.25 bits per heavy atom. The fraction of sp³-hybridized carbons (Fsp3) is 0.579. The first-order valence-electron chi connectivity index (χ1n) is 9.70. The molecule has 1 N–H and O–H groups in total. The van der Waals surface area contributed by atoms with Gasteiger partial charge in [-0.05, 0) is 25.3 Å². The Kier molecular flexibility index (Phi) is 6.58. The number of non-ortho nitro benzene ring substituents is 1. The van der Waals surface area contributed by atoms with Crippen LogP contribution in [0.3, 0.4) is 0 Å². The van der Waals surface area contributed by atoms with E-state index in [-0.39, 0.29) is 24.0 Å². The van der Waals surface area contributed by atoms with Gasteiger partial charge in [-0.3, -0.25) is 29.5 Å². The van der Waals surface area contributed by atoms with E-state index in [4.69, 9.17) is 0 Å². The van der Waals surface area contributed by atoms with Gasteiger partial charge in [-0.15, -0.1) is 0 Å². The molecule has 9 nitrogen and oxygen atoms in total. The minimum absolute atomic E-state index is 0.0443. The van der Waals surface area contributed by atoms with Crippen LogP contribution in [0.2, 0.25) is 0 Å². The first-order valence-corrected chi connectivity index (χ1v) is 9.70. The van der Waals surface area contributed by atoms with E-state index in [1.54, 1.807) is 13.0 Å². The van der Waals surface area contributed by atoms with Gasteiger partial charge in [0.05, 0.1) is 23.7 Å². The molecule has 1 aromatic rings. The summed E-state index contributed by atoms with van der Waals surface area (Å²) in [4.78, 5) is 41.1. The van der Waals surface area contributed by atoms with Gasteiger partial charge < -0.3 is 10.2 Å². The number of hydrogen-bond acceptors (Lipinski definition) is 6. The SMILES string of the molecule is Cc1ccc([N+](=O)[O-])cc1NC(=O)CN1CCN(CC(=O)N2CCCC2)CC1. The van der Waals surface area contributed by atoms with Crippen molar-refractivity contribution in [2.24, 2.45) is 0 Å². The van der Waals surface area contributed by atoms with Crippen molar-refractivity contribution in [3.05, 3.63) is 33.9 Å². The highest BCUT2D eigenvalue weighted by molar-refractivity contribution is 5.93. The average Bonchev–Trinajstić information content (AvgIpc) is 3.20. The number of nitro benzene ring substituents is 1. The number of benzene rings is 1. The van der Waals surface area contributed by atoms with Gasteiger partial charge in [-0.2, -0.15) is 0 Å². The molecule has 0 unspecified atom stereocenters. The maximum absolute atomic E-state index is 12.4. The second-order valence-corrected chi connectivity index (χ2v) is 7.44. The molecule has 152 valence electrons. The molecule has 1 aromatic carbocycles. The number of carbonyl (C=O) groups is 2. The third-order valence-electron chi connectivity index (χ3n) is 5.36. The minimum Gasteiger partial charge on any atom is -0.342 e. The minimum atomic E-state index is -0.474. The van der Waals surface area contributed by atoms with Crippen LogP contribution in [0, 0.1) is 17.0 Å². The molecule has 0 aliphatic carbocycles. The summed E-state index contributed by atoms with van der Waals surface area (Å²) in [5.74, 6) is 0.00929. The second kappa shape index (κ2) is 9.11. The average molecular weight is 389 g/mol. The molecule has 2 aliphatic heterocycles. The number of nitro groups is 1. The summed E-state index contributed by atoms with van der Waals surface area (Å²) in [6.45, 7) is 7.17. The van der Waals surface area contributed by atoms with Crippen LogP contribution in [-0.4, -0.2) is 83.8 Å². The zero-order valence-electron chi connectivity index (χ0n) is 16.2. The molecular weight excluding hydrogens is 362 g/mol. The highest BCUT2D eigenvalue weighted by atomic mass is 16.6. The van der Waals surface area contributed by atoms with E-state index >= 15 is 0 Å². The summed E-state index contributed by atoms with van der Waals surface area (Å²) in [5, 5.41) is 13.7. The lowest BCUT2D eigenvalue weighted by Gasteiger charge is -2.34. The van der Waals surface area contributed by atoms with Crippen molar-refractivity contribution in [1.29, 1.82) is 0 Å². The molecule has 9 heteroatoms. The number of nitrogens with one attached hydrogen (secondary N) is 1. The highest BCUT2D eigenvalue weighted by Crippen LogP contribution is 2.21. The molecule has 0 saturated carbocycles. The van der Waals surface area contributed by atoms with E-state index in [0.717, 1.165) is 44.6 Å². The maximum Gasteiger partial charge on any atom is 0.271 e. The summed E-state index contributed by atoms with van der Waals surface area (Å²) < 4.78 is 0. The normalized spacial score (nSPS) is 18.2. The molecule has 28 heavy (non-hydrogen) atoms. The van der Waals surface area contributed by atoms with Gasteiger partial charge in [0.15, 0.2) is 0 Å². The lowest BCUT2D eigenvalue weighted by Crippen LogP contribution is -2.51. The zero-order valence-corrected chi connectivity index (χ0v) is 16.2. The molecule has 2 amide bonds. The Morgan fingerprint density at radius 2 is 1.64 bits per heavy atom. The predicted molar refractivity (Wildman–Crippen MR) is 105 cm³/mol. The number of nitrogens with zero attached hydrogens (tertiary/aromatic N) is 4. The Balaban J connectivity index is 1.44. The number of aryl methyl sites for hydroxylation is 1. The molecule has 0 spiro atoms. The van der Waals surface area contributed by atoms with E-state index in [9.17, 15) is 19.7 Å². The van der Waals surface area contributed by atoms with Gasteiger partial charge in [0.1, 0.15) is 0 Å². The van der Waals surface area contributed by atoms with Crippen molar-refractivity contribution in [3.8, 4) is 0 Å². The predicted octanol–water partition coefficient (Wildman–Crippen LogP) is 1.08. The molecule has 0 atom stereocenters. The van der Waals surface area contributed by atoms with Crippen LogP contribution in [-0.2, 0) is 9.59 Å².